The first-order valence-electron chi connectivity index (χ1n) is 12.2. The Morgan fingerprint density at radius 3 is 2.39 bits per heavy atom. The Morgan fingerprint density at radius 1 is 1.05 bits per heavy atom. The summed E-state index contributed by atoms with van der Waals surface area (Å²) in [4.78, 5) is 38.3. The fourth-order valence-corrected chi connectivity index (χ4v) is 4.86. The SMILES string of the molecule is CCOc1cc(=O)[nH]cc1-c1ccc(CC(=O)Nc2cc(C(=O)N3CCOCC3)cc(S(F)(F)(F)(F)F)c2)c(F)c1. The van der Waals surface area contributed by atoms with Crippen LogP contribution in [0.15, 0.2) is 58.4 Å². The molecule has 0 spiro atoms. The molecule has 1 fully saturated rings. The molecule has 41 heavy (non-hydrogen) atoms. The van der Waals surface area contributed by atoms with Gasteiger partial charge >= 0.3 is 10.2 Å². The lowest BCUT2D eigenvalue weighted by Gasteiger charge is -2.41. The summed E-state index contributed by atoms with van der Waals surface area (Å²) in [5, 5.41) is 2.07. The van der Waals surface area contributed by atoms with Gasteiger partial charge in [-0.15, -0.1) is 0 Å². The van der Waals surface area contributed by atoms with Crippen molar-refractivity contribution in [3.05, 3.63) is 76.0 Å². The van der Waals surface area contributed by atoms with Gasteiger partial charge in [0.15, 0.2) is 0 Å². The average molecular weight is 606 g/mol. The number of amides is 2. The Bertz CT molecular complexity index is 1560. The number of nitrogens with zero attached hydrogens (tertiary/aromatic N) is 1. The van der Waals surface area contributed by atoms with E-state index in [9.17, 15) is 38.2 Å². The standard InChI is InChI=1S/C26H25F6N3O5S/c1-2-40-23-14-24(36)33-15-21(23)16-3-4-17(22(27)11-16)12-25(37)34-19-9-18(26(38)35-5-7-39-8-6-35)10-20(13-19)41(28,29,30,31)32/h3-4,9-11,13-15H,2,5-8,12H2,1H3,(H,33,36)(H,34,37). The second-order valence-corrected chi connectivity index (χ2v) is 11.6. The van der Waals surface area contributed by atoms with Crippen LogP contribution in [0.1, 0.15) is 22.8 Å². The molecule has 8 nitrogen and oxygen atoms in total. The number of carbonyl (C=O) groups is 2. The molecule has 4 rings (SSSR count). The predicted octanol–water partition coefficient (Wildman–Crippen LogP) is 5.89. The zero-order valence-electron chi connectivity index (χ0n) is 21.5. The number of aromatic amines is 1. The van der Waals surface area contributed by atoms with Gasteiger partial charge in [-0.1, -0.05) is 31.6 Å². The van der Waals surface area contributed by atoms with E-state index >= 15 is 0 Å². The minimum Gasteiger partial charge on any atom is -0.493 e. The molecule has 0 radical (unpaired) electrons. The monoisotopic (exact) mass is 605 g/mol. The summed E-state index contributed by atoms with van der Waals surface area (Å²) in [5.74, 6) is -2.61. The molecular formula is C26H25F6N3O5S. The molecule has 1 saturated heterocycles. The average Bonchev–Trinajstić information content (AvgIpc) is 2.89. The zero-order valence-corrected chi connectivity index (χ0v) is 22.3. The van der Waals surface area contributed by atoms with Crippen molar-refractivity contribution >= 4 is 27.7 Å². The first kappa shape index (κ1) is 30.0. The lowest BCUT2D eigenvalue weighted by atomic mass is 10.0. The van der Waals surface area contributed by atoms with Crippen LogP contribution in [0.2, 0.25) is 0 Å². The molecule has 2 heterocycles. The molecule has 2 aromatic carbocycles. The zero-order chi connectivity index (χ0) is 30.1. The van der Waals surface area contributed by atoms with Crippen molar-refractivity contribution in [1.82, 2.24) is 9.88 Å². The van der Waals surface area contributed by atoms with Crippen molar-refractivity contribution in [3.8, 4) is 16.9 Å². The lowest BCUT2D eigenvalue weighted by Crippen LogP contribution is -2.40. The molecule has 222 valence electrons. The molecule has 1 aliphatic rings. The molecule has 0 atom stereocenters. The lowest BCUT2D eigenvalue weighted by molar-refractivity contribution is -0.115. The summed E-state index contributed by atoms with van der Waals surface area (Å²) in [7, 11) is -10.2. The highest BCUT2D eigenvalue weighted by molar-refractivity contribution is 8.45. The van der Waals surface area contributed by atoms with Crippen LogP contribution in [-0.2, 0) is 16.0 Å². The molecular weight excluding hydrogens is 580 g/mol. The highest BCUT2D eigenvalue weighted by atomic mass is 32.5. The van der Waals surface area contributed by atoms with E-state index in [-0.39, 0.29) is 56.4 Å². The van der Waals surface area contributed by atoms with Crippen molar-refractivity contribution in [2.75, 3.05) is 38.2 Å². The maximum absolute atomic E-state index is 14.9. The van der Waals surface area contributed by atoms with Gasteiger partial charge in [0.1, 0.15) is 16.5 Å². The minimum atomic E-state index is -10.2. The molecule has 3 aromatic rings. The summed E-state index contributed by atoms with van der Waals surface area (Å²) < 4.78 is 93.9. The van der Waals surface area contributed by atoms with Crippen LogP contribution in [0, 0.1) is 5.82 Å². The molecule has 0 aliphatic carbocycles. The van der Waals surface area contributed by atoms with E-state index in [0.717, 1.165) is 17.0 Å². The molecule has 0 bridgehead atoms. The number of rotatable bonds is 8. The fourth-order valence-electron chi connectivity index (χ4n) is 4.16. The molecule has 0 saturated carbocycles. The van der Waals surface area contributed by atoms with E-state index in [1.165, 1.54) is 24.4 Å². The predicted molar refractivity (Wildman–Crippen MR) is 141 cm³/mol. The fraction of sp³-hybridized carbons (Fsp3) is 0.269. The van der Waals surface area contributed by atoms with Gasteiger partial charge in [-0.05, 0) is 42.3 Å². The molecule has 2 amide bonds. The van der Waals surface area contributed by atoms with Crippen LogP contribution >= 0.6 is 10.2 Å². The number of halogens is 6. The summed E-state index contributed by atoms with van der Waals surface area (Å²) in [6, 6.07) is 5.91. The maximum Gasteiger partial charge on any atom is 0.310 e. The van der Waals surface area contributed by atoms with E-state index in [2.05, 4.69) is 10.3 Å². The number of H-pyrrole nitrogens is 1. The third kappa shape index (κ3) is 7.41. The summed E-state index contributed by atoms with van der Waals surface area (Å²) in [5.41, 5.74) is -1.32. The number of benzene rings is 2. The highest BCUT2D eigenvalue weighted by Crippen LogP contribution is 3.02. The largest absolute Gasteiger partial charge is 0.493 e. The van der Waals surface area contributed by atoms with Crippen LogP contribution < -0.4 is 15.6 Å². The molecule has 1 aromatic heterocycles. The topological polar surface area (TPSA) is 101 Å². The van der Waals surface area contributed by atoms with Gasteiger partial charge in [-0.25, -0.2) is 4.39 Å². The van der Waals surface area contributed by atoms with Crippen molar-refractivity contribution in [2.45, 2.75) is 18.2 Å². The first-order chi connectivity index (χ1) is 19.0. The Kier molecular flexibility index (Phi) is 7.64. The number of hydrogen-bond acceptors (Lipinski definition) is 5. The number of carbonyl (C=O) groups excluding carboxylic acids is 2. The summed E-state index contributed by atoms with van der Waals surface area (Å²) in [6.07, 6.45) is 0.666. The second kappa shape index (κ2) is 10.4. The number of hydrogen-bond donors (Lipinski definition) is 2. The molecule has 2 N–H and O–H groups in total. The van der Waals surface area contributed by atoms with Gasteiger partial charge < -0.3 is 24.7 Å². The van der Waals surface area contributed by atoms with Gasteiger partial charge in [-0.2, -0.15) is 0 Å². The van der Waals surface area contributed by atoms with E-state index in [1.807, 2.05) is 0 Å². The second-order valence-electron chi connectivity index (χ2n) is 9.16. The third-order valence-electron chi connectivity index (χ3n) is 6.08. The number of ether oxygens (including phenoxy) is 2. The van der Waals surface area contributed by atoms with Gasteiger partial charge in [-0.3, -0.25) is 14.4 Å². The van der Waals surface area contributed by atoms with E-state index in [0.29, 0.717) is 11.1 Å². The van der Waals surface area contributed by atoms with E-state index < -0.39 is 56.0 Å². The van der Waals surface area contributed by atoms with Crippen LogP contribution in [-0.4, -0.2) is 54.6 Å². The maximum atomic E-state index is 14.9. The van der Waals surface area contributed by atoms with Crippen LogP contribution in [0.25, 0.3) is 11.1 Å². The van der Waals surface area contributed by atoms with E-state index in [4.69, 9.17) is 9.47 Å². The molecule has 1 aliphatic heterocycles. The molecule has 15 heteroatoms. The van der Waals surface area contributed by atoms with Gasteiger partial charge in [0.05, 0.1) is 26.2 Å². The number of morpholine rings is 1. The Balaban J connectivity index is 1.59. The highest BCUT2D eigenvalue weighted by Gasteiger charge is 2.65. The Hall–Kier alpha value is -3.98. The van der Waals surface area contributed by atoms with Gasteiger partial charge in [0.25, 0.3) is 11.5 Å². The number of aromatic nitrogens is 1. The van der Waals surface area contributed by atoms with E-state index in [1.54, 1.807) is 6.92 Å². The first-order valence-corrected chi connectivity index (χ1v) is 14.2. The minimum absolute atomic E-state index is 0.0421. The van der Waals surface area contributed by atoms with Crippen LogP contribution in [0.4, 0.5) is 29.5 Å². The normalized spacial score (nSPS) is 15.5. The van der Waals surface area contributed by atoms with Crippen molar-refractivity contribution in [2.24, 2.45) is 0 Å². The van der Waals surface area contributed by atoms with Gasteiger partial charge in [0, 0.05) is 42.2 Å². The number of anilines is 1. The quantitative estimate of drug-likeness (QED) is 0.312. The Morgan fingerprint density at radius 2 is 1.76 bits per heavy atom. The summed E-state index contributed by atoms with van der Waals surface area (Å²) in [6.45, 7) is 2.26. The van der Waals surface area contributed by atoms with Gasteiger partial charge in [0.2, 0.25) is 5.91 Å². The van der Waals surface area contributed by atoms with Crippen molar-refractivity contribution < 1.29 is 42.9 Å². The number of nitrogens with one attached hydrogen (secondary N) is 2. The smallest absolute Gasteiger partial charge is 0.310 e. The van der Waals surface area contributed by atoms with Crippen LogP contribution in [0.3, 0.4) is 0 Å². The number of pyridine rings is 1. The van der Waals surface area contributed by atoms with Crippen molar-refractivity contribution in [1.29, 1.82) is 0 Å². The van der Waals surface area contributed by atoms with Crippen LogP contribution in [0.5, 0.6) is 5.75 Å². The van der Waals surface area contributed by atoms with Crippen molar-refractivity contribution in [3.63, 3.8) is 0 Å². The summed E-state index contributed by atoms with van der Waals surface area (Å²) >= 11 is 0. The molecule has 0 unspecified atom stereocenters. The third-order valence-corrected chi connectivity index (χ3v) is 7.21. The Labute approximate surface area is 230 Å².